The van der Waals surface area contributed by atoms with Crippen LogP contribution in [0.5, 0.6) is 0 Å². The number of rotatable bonds is 3. The molecule has 1 aromatic heterocycles. The Hall–Kier alpha value is -1.84. The Kier molecular flexibility index (Phi) is 2.67. The number of nitrogens with one attached hydrogen (secondary N) is 1. The molecule has 2 aromatic rings. The number of aromatic amines is 1. The molecular weight excluding hydrogens is 193 g/mol. The van der Waals surface area contributed by atoms with Crippen molar-refractivity contribution in [2.45, 2.75) is 6.54 Å². The summed E-state index contributed by atoms with van der Waals surface area (Å²) in [5.74, 6) is 0.673. The summed E-state index contributed by atoms with van der Waals surface area (Å²) in [6, 6.07) is 6.40. The maximum Gasteiger partial charge on any atom is 0.125 e. The van der Waals surface area contributed by atoms with E-state index in [0.717, 1.165) is 11.5 Å². The van der Waals surface area contributed by atoms with Gasteiger partial charge < -0.3 is 9.88 Å². The summed E-state index contributed by atoms with van der Waals surface area (Å²) in [5.41, 5.74) is 0.966. The SMILES string of the molecule is CN(Cc1ncc[nH]1)c1ccc(F)cc1. The van der Waals surface area contributed by atoms with Crippen molar-refractivity contribution in [2.24, 2.45) is 0 Å². The van der Waals surface area contributed by atoms with E-state index >= 15 is 0 Å². The van der Waals surface area contributed by atoms with Crippen molar-refractivity contribution < 1.29 is 4.39 Å². The van der Waals surface area contributed by atoms with Crippen molar-refractivity contribution in [2.75, 3.05) is 11.9 Å². The van der Waals surface area contributed by atoms with Crippen LogP contribution in [0.3, 0.4) is 0 Å². The van der Waals surface area contributed by atoms with Crippen LogP contribution in [0.15, 0.2) is 36.7 Å². The zero-order chi connectivity index (χ0) is 10.7. The van der Waals surface area contributed by atoms with Gasteiger partial charge in [0.2, 0.25) is 0 Å². The van der Waals surface area contributed by atoms with Gasteiger partial charge in [0.25, 0.3) is 0 Å². The van der Waals surface area contributed by atoms with Gasteiger partial charge in [-0.2, -0.15) is 0 Å². The second kappa shape index (κ2) is 4.13. The van der Waals surface area contributed by atoms with Crippen molar-refractivity contribution in [3.63, 3.8) is 0 Å². The Labute approximate surface area is 87.6 Å². The summed E-state index contributed by atoms with van der Waals surface area (Å²) in [6.07, 6.45) is 3.50. The van der Waals surface area contributed by atoms with Crippen LogP contribution >= 0.6 is 0 Å². The number of halogens is 1. The first-order chi connectivity index (χ1) is 7.25. The third-order valence-electron chi connectivity index (χ3n) is 2.21. The molecule has 78 valence electrons. The van der Waals surface area contributed by atoms with Gasteiger partial charge in [-0.05, 0) is 24.3 Å². The summed E-state index contributed by atoms with van der Waals surface area (Å²) >= 11 is 0. The fraction of sp³-hybridized carbons (Fsp3) is 0.182. The Morgan fingerprint density at radius 2 is 2.07 bits per heavy atom. The summed E-state index contributed by atoms with van der Waals surface area (Å²) < 4.78 is 12.7. The van der Waals surface area contributed by atoms with Crippen LogP contribution in [0.25, 0.3) is 0 Å². The van der Waals surface area contributed by atoms with Crippen LogP contribution in [-0.4, -0.2) is 17.0 Å². The first-order valence-electron chi connectivity index (χ1n) is 4.70. The van der Waals surface area contributed by atoms with E-state index in [-0.39, 0.29) is 5.82 Å². The lowest BCUT2D eigenvalue weighted by atomic mass is 10.3. The number of hydrogen-bond acceptors (Lipinski definition) is 2. The number of aromatic nitrogens is 2. The first-order valence-corrected chi connectivity index (χ1v) is 4.70. The van der Waals surface area contributed by atoms with Gasteiger partial charge in [-0.25, -0.2) is 9.37 Å². The van der Waals surface area contributed by atoms with E-state index < -0.39 is 0 Å². The Bertz CT molecular complexity index is 408. The summed E-state index contributed by atoms with van der Waals surface area (Å²) in [5, 5.41) is 0. The van der Waals surface area contributed by atoms with Gasteiger partial charge in [0, 0.05) is 25.1 Å². The van der Waals surface area contributed by atoms with Gasteiger partial charge >= 0.3 is 0 Å². The van der Waals surface area contributed by atoms with E-state index in [0.29, 0.717) is 6.54 Å². The molecule has 0 bridgehead atoms. The quantitative estimate of drug-likeness (QED) is 0.832. The van der Waals surface area contributed by atoms with Gasteiger partial charge in [-0.15, -0.1) is 0 Å². The zero-order valence-corrected chi connectivity index (χ0v) is 8.44. The van der Waals surface area contributed by atoms with E-state index in [1.807, 2.05) is 11.9 Å². The molecule has 1 heterocycles. The van der Waals surface area contributed by atoms with Gasteiger partial charge in [-0.1, -0.05) is 0 Å². The van der Waals surface area contributed by atoms with Crippen molar-refractivity contribution in [3.05, 3.63) is 48.3 Å². The molecule has 0 saturated heterocycles. The molecule has 2 rings (SSSR count). The van der Waals surface area contributed by atoms with Crippen LogP contribution in [0.2, 0.25) is 0 Å². The average molecular weight is 205 g/mol. The fourth-order valence-electron chi connectivity index (χ4n) is 1.40. The molecule has 3 nitrogen and oxygen atoms in total. The standard InChI is InChI=1S/C11H12FN3/c1-15(8-11-13-6-7-14-11)10-4-2-9(12)3-5-10/h2-7H,8H2,1H3,(H,13,14). The molecular formula is C11H12FN3. The normalized spacial score (nSPS) is 10.3. The Morgan fingerprint density at radius 3 is 2.67 bits per heavy atom. The summed E-state index contributed by atoms with van der Waals surface area (Å²) in [7, 11) is 1.94. The number of hydrogen-bond donors (Lipinski definition) is 1. The molecule has 15 heavy (non-hydrogen) atoms. The number of benzene rings is 1. The number of nitrogens with zero attached hydrogens (tertiary/aromatic N) is 2. The highest BCUT2D eigenvalue weighted by Crippen LogP contribution is 2.14. The second-order valence-corrected chi connectivity index (χ2v) is 3.37. The molecule has 0 aliphatic carbocycles. The van der Waals surface area contributed by atoms with Crippen molar-refractivity contribution in [1.82, 2.24) is 9.97 Å². The summed E-state index contributed by atoms with van der Waals surface area (Å²) in [6.45, 7) is 0.679. The van der Waals surface area contributed by atoms with Crippen LogP contribution in [0, 0.1) is 5.82 Å². The van der Waals surface area contributed by atoms with E-state index in [1.54, 1.807) is 24.5 Å². The van der Waals surface area contributed by atoms with Crippen molar-refractivity contribution in [1.29, 1.82) is 0 Å². The monoisotopic (exact) mass is 205 g/mol. The molecule has 0 saturated carbocycles. The Balaban J connectivity index is 2.08. The predicted molar refractivity (Wildman–Crippen MR) is 57.1 cm³/mol. The minimum Gasteiger partial charge on any atom is -0.367 e. The molecule has 1 N–H and O–H groups in total. The van der Waals surface area contributed by atoms with E-state index in [9.17, 15) is 4.39 Å². The molecule has 0 atom stereocenters. The van der Waals surface area contributed by atoms with Crippen LogP contribution < -0.4 is 4.90 Å². The van der Waals surface area contributed by atoms with Gasteiger partial charge in [0.05, 0.1) is 6.54 Å². The molecule has 4 heteroatoms. The highest BCUT2D eigenvalue weighted by molar-refractivity contribution is 5.45. The summed E-state index contributed by atoms with van der Waals surface area (Å²) in [4.78, 5) is 9.15. The lowest BCUT2D eigenvalue weighted by Gasteiger charge is -2.17. The predicted octanol–water partition coefficient (Wildman–Crippen LogP) is 2.19. The highest BCUT2D eigenvalue weighted by atomic mass is 19.1. The fourth-order valence-corrected chi connectivity index (χ4v) is 1.40. The van der Waals surface area contributed by atoms with Crippen LogP contribution in [0.4, 0.5) is 10.1 Å². The molecule has 0 aliphatic heterocycles. The molecule has 0 fully saturated rings. The van der Waals surface area contributed by atoms with E-state index in [4.69, 9.17) is 0 Å². The zero-order valence-electron chi connectivity index (χ0n) is 8.44. The van der Waals surface area contributed by atoms with Gasteiger partial charge in [0.15, 0.2) is 0 Å². The largest absolute Gasteiger partial charge is 0.367 e. The number of H-pyrrole nitrogens is 1. The lowest BCUT2D eigenvalue weighted by molar-refractivity contribution is 0.627. The minimum atomic E-state index is -0.217. The third kappa shape index (κ3) is 2.34. The maximum atomic E-state index is 12.7. The topological polar surface area (TPSA) is 31.9 Å². The Morgan fingerprint density at radius 1 is 1.33 bits per heavy atom. The third-order valence-corrected chi connectivity index (χ3v) is 2.21. The molecule has 0 spiro atoms. The minimum absolute atomic E-state index is 0.217. The van der Waals surface area contributed by atoms with Gasteiger partial charge in [0.1, 0.15) is 11.6 Å². The number of anilines is 1. The van der Waals surface area contributed by atoms with Gasteiger partial charge in [-0.3, -0.25) is 0 Å². The lowest BCUT2D eigenvalue weighted by Crippen LogP contribution is -2.17. The van der Waals surface area contributed by atoms with Crippen molar-refractivity contribution in [3.8, 4) is 0 Å². The second-order valence-electron chi connectivity index (χ2n) is 3.37. The maximum absolute atomic E-state index is 12.7. The smallest absolute Gasteiger partial charge is 0.125 e. The van der Waals surface area contributed by atoms with Crippen LogP contribution in [-0.2, 0) is 6.54 Å². The van der Waals surface area contributed by atoms with Crippen molar-refractivity contribution >= 4 is 5.69 Å². The first kappa shape index (κ1) is 9.71. The molecule has 0 aliphatic rings. The number of imidazole rings is 1. The molecule has 0 radical (unpaired) electrons. The molecule has 1 aromatic carbocycles. The molecule has 0 amide bonds. The highest BCUT2D eigenvalue weighted by Gasteiger charge is 2.03. The van der Waals surface area contributed by atoms with E-state index in [1.165, 1.54) is 12.1 Å². The molecule has 0 unspecified atom stereocenters. The van der Waals surface area contributed by atoms with Crippen LogP contribution in [0.1, 0.15) is 5.82 Å². The average Bonchev–Trinajstić information content (AvgIpc) is 2.71. The van der Waals surface area contributed by atoms with E-state index in [2.05, 4.69) is 9.97 Å².